The molecular formula is C23H35N3OS. The molecule has 0 bridgehead atoms. The van der Waals surface area contributed by atoms with Gasteiger partial charge in [-0.3, -0.25) is 4.79 Å². The summed E-state index contributed by atoms with van der Waals surface area (Å²) in [5.41, 5.74) is 2.61. The Balaban J connectivity index is 1.45. The van der Waals surface area contributed by atoms with Crippen molar-refractivity contribution in [3.63, 3.8) is 0 Å². The second kappa shape index (κ2) is 9.36. The lowest BCUT2D eigenvalue weighted by molar-refractivity contribution is -0.131. The van der Waals surface area contributed by atoms with Crippen LogP contribution in [0, 0.1) is 5.92 Å². The molecule has 2 fully saturated rings. The van der Waals surface area contributed by atoms with E-state index in [1.165, 1.54) is 24.1 Å². The van der Waals surface area contributed by atoms with Crippen molar-refractivity contribution < 1.29 is 4.79 Å². The van der Waals surface area contributed by atoms with E-state index in [1.54, 1.807) is 6.08 Å². The van der Waals surface area contributed by atoms with Crippen LogP contribution in [0.2, 0.25) is 0 Å². The number of carbonyl (C=O) groups excluding carboxylic acids is 1. The van der Waals surface area contributed by atoms with Gasteiger partial charge in [0.1, 0.15) is 0 Å². The summed E-state index contributed by atoms with van der Waals surface area (Å²) in [4.78, 5) is 17.4. The Morgan fingerprint density at radius 2 is 2.11 bits per heavy atom. The number of piperidine rings is 1. The Bertz CT molecular complexity index is 673. The summed E-state index contributed by atoms with van der Waals surface area (Å²) in [6, 6.07) is 0. The third-order valence-electron chi connectivity index (χ3n) is 6.36. The molecule has 0 aliphatic carbocycles. The minimum absolute atomic E-state index is 0.298. The number of nitrogens with one attached hydrogen (secondary N) is 1. The van der Waals surface area contributed by atoms with E-state index in [-0.39, 0.29) is 0 Å². The van der Waals surface area contributed by atoms with Gasteiger partial charge in [0.15, 0.2) is 0 Å². The summed E-state index contributed by atoms with van der Waals surface area (Å²) in [5.74, 6) is 0.730. The zero-order chi connectivity index (χ0) is 20.1. The molecule has 3 aliphatic rings. The Labute approximate surface area is 174 Å². The quantitative estimate of drug-likeness (QED) is 0.674. The van der Waals surface area contributed by atoms with Crippen molar-refractivity contribution in [3.05, 3.63) is 48.4 Å². The number of rotatable bonds is 6. The van der Waals surface area contributed by atoms with Crippen molar-refractivity contribution in [2.24, 2.45) is 5.92 Å². The summed E-state index contributed by atoms with van der Waals surface area (Å²) in [6.07, 6.45) is 14.9. The molecule has 2 saturated heterocycles. The SMILES string of the molecule is C=C/C=C\C=C1\NC=C(CCCC(=O)N2CC3(CCN(C)CC3)SC2C)C1C. The lowest BCUT2D eigenvalue weighted by Crippen LogP contribution is -2.44. The number of hydrogen-bond acceptors (Lipinski definition) is 4. The first-order chi connectivity index (χ1) is 13.4. The molecule has 3 rings (SSSR count). The van der Waals surface area contributed by atoms with Gasteiger partial charge in [-0.15, -0.1) is 11.8 Å². The van der Waals surface area contributed by atoms with Gasteiger partial charge >= 0.3 is 0 Å². The summed E-state index contributed by atoms with van der Waals surface area (Å²) >= 11 is 2.03. The van der Waals surface area contributed by atoms with Crippen molar-refractivity contribution in [1.82, 2.24) is 15.1 Å². The number of amides is 1. The Kier molecular flexibility index (Phi) is 7.10. The van der Waals surface area contributed by atoms with Crippen LogP contribution in [-0.2, 0) is 4.79 Å². The monoisotopic (exact) mass is 401 g/mol. The average molecular weight is 402 g/mol. The molecule has 3 aliphatic heterocycles. The van der Waals surface area contributed by atoms with Crippen LogP contribution in [0.3, 0.4) is 0 Å². The molecule has 1 spiro atoms. The highest BCUT2D eigenvalue weighted by molar-refractivity contribution is 8.01. The number of nitrogens with zero attached hydrogens (tertiary/aromatic N) is 2. The second-order valence-electron chi connectivity index (χ2n) is 8.41. The fourth-order valence-electron chi connectivity index (χ4n) is 4.43. The van der Waals surface area contributed by atoms with Gasteiger partial charge in [-0.1, -0.05) is 31.7 Å². The van der Waals surface area contributed by atoms with Crippen LogP contribution >= 0.6 is 11.8 Å². The molecule has 0 radical (unpaired) electrons. The molecule has 4 nitrogen and oxygen atoms in total. The molecule has 0 aromatic heterocycles. The van der Waals surface area contributed by atoms with Crippen LogP contribution in [0.1, 0.15) is 46.0 Å². The summed E-state index contributed by atoms with van der Waals surface area (Å²) in [7, 11) is 2.20. The molecule has 2 atom stereocenters. The summed E-state index contributed by atoms with van der Waals surface area (Å²) in [6.45, 7) is 11.4. The fraction of sp³-hybridized carbons (Fsp3) is 0.609. The van der Waals surface area contributed by atoms with Crippen LogP contribution < -0.4 is 5.32 Å². The van der Waals surface area contributed by atoms with Crippen molar-refractivity contribution in [2.45, 2.75) is 56.1 Å². The molecule has 0 aromatic rings. The van der Waals surface area contributed by atoms with E-state index >= 15 is 0 Å². The van der Waals surface area contributed by atoms with E-state index < -0.39 is 0 Å². The van der Waals surface area contributed by atoms with Crippen molar-refractivity contribution in [1.29, 1.82) is 0 Å². The maximum absolute atomic E-state index is 12.9. The summed E-state index contributed by atoms with van der Waals surface area (Å²) in [5, 5.41) is 3.68. The van der Waals surface area contributed by atoms with Gasteiger partial charge in [0, 0.05) is 35.5 Å². The lowest BCUT2D eigenvalue weighted by atomic mass is 9.94. The number of carbonyl (C=O) groups is 1. The number of likely N-dealkylation sites (tertiary alicyclic amines) is 1. The standard InChI is InChI=1S/C23H35N3OS/c1-5-6-7-10-21-18(2)20(16-24-21)9-8-11-22(27)26-17-23(28-19(26)3)12-14-25(4)15-13-23/h5-7,10,16,18-19,24H,1,8-9,11-15,17H2,2-4H3/b7-6-,21-10+. The van der Waals surface area contributed by atoms with Crippen LogP contribution in [0.5, 0.6) is 0 Å². The molecule has 154 valence electrons. The number of hydrogen-bond donors (Lipinski definition) is 1. The maximum atomic E-state index is 12.9. The number of thioether (sulfide) groups is 1. The first-order valence-corrected chi connectivity index (χ1v) is 11.4. The van der Waals surface area contributed by atoms with E-state index in [0.717, 1.165) is 32.5 Å². The Morgan fingerprint density at radius 1 is 1.36 bits per heavy atom. The van der Waals surface area contributed by atoms with Gasteiger partial charge < -0.3 is 15.1 Å². The second-order valence-corrected chi connectivity index (χ2v) is 10.2. The molecule has 0 aromatic carbocycles. The molecule has 1 N–H and O–H groups in total. The number of allylic oxidation sites excluding steroid dienone is 5. The van der Waals surface area contributed by atoms with Gasteiger partial charge in [0.25, 0.3) is 0 Å². The van der Waals surface area contributed by atoms with Crippen LogP contribution in [0.25, 0.3) is 0 Å². The largest absolute Gasteiger partial charge is 0.365 e. The van der Waals surface area contributed by atoms with Crippen LogP contribution in [0.15, 0.2) is 48.4 Å². The van der Waals surface area contributed by atoms with Gasteiger partial charge in [-0.25, -0.2) is 0 Å². The van der Waals surface area contributed by atoms with E-state index in [4.69, 9.17) is 0 Å². The van der Waals surface area contributed by atoms with E-state index in [9.17, 15) is 4.79 Å². The van der Waals surface area contributed by atoms with Crippen LogP contribution in [-0.4, -0.2) is 52.5 Å². The zero-order valence-electron chi connectivity index (χ0n) is 17.6. The first-order valence-electron chi connectivity index (χ1n) is 10.5. The highest BCUT2D eigenvalue weighted by atomic mass is 32.2. The third-order valence-corrected chi connectivity index (χ3v) is 8.00. The smallest absolute Gasteiger partial charge is 0.223 e. The van der Waals surface area contributed by atoms with Crippen molar-refractivity contribution in [3.8, 4) is 0 Å². The Morgan fingerprint density at radius 3 is 2.82 bits per heavy atom. The predicted octanol–water partition coefficient (Wildman–Crippen LogP) is 4.29. The van der Waals surface area contributed by atoms with Gasteiger partial charge in [0.05, 0.1) is 5.37 Å². The topological polar surface area (TPSA) is 35.6 Å². The predicted molar refractivity (Wildman–Crippen MR) is 120 cm³/mol. The highest BCUT2D eigenvalue weighted by Gasteiger charge is 2.45. The molecule has 0 saturated carbocycles. The third kappa shape index (κ3) is 4.93. The minimum atomic E-state index is 0.298. The molecule has 5 heteroatoms. The van der Waals surface area contributed by atoms with Gasteiger partial charge in [0.2, 0.25) is 5.91 Å². The Hall–Kier alpha value is -1.46. The molecule has 1 amide bonds. The van der Waals surface area contributed by atoms with Crippen molar-refractivity contribution >= 4 is 17.7 Å². The highest BCUT2D eigenvalue weighted by Crippen LogP contribution is 2.46. The summed E-state index contributed by atoms with van der Waals surface area (Å²) < 4.78 is 0.298. The fourth-order valence-corrected chi connectivity index (χ4v) is 6.10. The minimum Gasteiger partial charge on any atom is -0.365 e. The molecule has 2 unspecified atom stereocenters. The maximum Gasteiger partial charge on any atom is 0.223 e. The zero-order valence-corrected chi connectivity index (χ0v) is 18.4. The van der Waals surface area contributed by atoms with E-state index in [2.05, 4.69) is 54.9 Å². The molecular weight excluding hydrogens is 366 g/mol. The van der Waals surface area contributed by atoms with E-state index in [1.807, 2.05) is 23.9 Å². The van der Waals surface area contributed by atoms with E-state index in [0.29, 0.717) is 28.4 Å². The van der Waals surface area contributed by atoms with Gasteiger partial charge in [-0.2, -0.15) is 0 Å². The van der Waals surface area contributed by atoms with Gasteiger partial charge in [-0.05, 0) is 64.4 Å². The molecule has 28 heavy (non-hydrogen) atoms. The molecule has 3 heterocycles. The first kappa shape index (κ1) is 21.3. The van der Waals surface area contributed by atoms with Crippen molar-refractivity contribution in [2.75, 3.05) is 26.7 Å². The average Bonchev–Trinajstić information content (AvgIpc) is 3.19. The normalized spacial score (nSPS) is 28.9. The lowest BCUT2D eigenvalue weighted by Gasteiger charge is -2.36. The van der Waals surface area contributed by atoms with Crippen LogP contribution in [0.4, 0.5) is 0 Å².